The van der Waals surface area contributed by atoms with E-state index >= 15 is 0 Å². The van der Waals surface area contributed by atoms with Gasteiger partial charge in [0, 0.05) is 6.20 Å². The van der Waals surface area contributed by atoms with Crippen molar-refractivity contribution in [1.29, 1.82) is 0 Å². The number of hydrogen-bond acceptors (Lipinski definition) is 5. The van der Waals surface area contributed by atoms with Gasteiger partial charge in [0.1, 0.15) is 12.4 Å². The summed E-state index contributed by atoms with van der Waals surface area (Å²) >= 11 is 0. The van der Waals surface area contributed by atoms with Crippen LogP contribution in [0.1, 0.15) is 36.3 Å². The number of aromatic nitrogens is 4. The van der Waals surface area contributed by atoms with Crippen molar-refractivity contribution < 1.29 is 14.7 Å². The minimum Gasteiger partial charge on any atom is -0.480 e. The van der Waals surface area contributed by atoms with Gasteiger partial charge in [-0.25, -0.2) is 14.3 Å². The number of aryl methyl sites for hydroxylation is 1. The molecule has 0 fully saturated rings. The van der Waals surface area contributed by atoms with Crippen LogP contribution in [-0.4, -0.2) is 42.6 Å². The molecule has 0 spiro atoms. The fourth-order valence-electron chi connectivity index (χ4n) is 2.01. The van der Waals surface area contributed by atoms with Crippen LogP contribution in [0, 0.1) is 12.8 Å². The fourth-order valence-corrected chi connectivity index (χ4v) is 2.01. The Morgan fingerprint density at radius 2 is 2.14 bits per heavy atom. The second kappa shape index (κ2) is 5.86. The van der Waals surface area contributed by atoms with Crippen LogP contribution < -0.4 is 5.32 Å². The molecular weight excluding hydrogens is 274 g/mol. The van der Waals surface area contributed by atoms with Gasteiger partial charge in [-0.2, -0.15) is 10.1 Å². The van der Waals surface area contributed by atoms with Gasteiger partial charge in [-0.15, -0.1) is 0 Å². The molecule has 2 rings (SSSR count). The molecule has 2 N–H and O–H groups in total. The minimum absolute atomic E-state index is 0.171. The third-order valence-corrected chi connectivity index (χ3v) is 3.56. The number of nitrogens with one attached hydrogen (secondary N) is 1. The van der Waals surface area contributed by atoms with Crippen molar-refractivity contribution in [2.45, 2.75) is 33.2 Å². The van der Waals surface area contributed by atoms with Gasteiger partial charge in [-0.1, -0.05) is 20.3 Å². The summed E-state index contributed by atoms with van der Waals surface area (Å²) in [4.78, 5) is 31.5. The molecule has 0 aliphatic heterocycles. The van der Waals surface area contributed by atoms with Crippen LogP contribution in [0.25, 0.3) is 5.78 Å². The lowest BCUT2D eigenvalue weighted by atomic mass is 9.99. The van der Waals surface area contributed by atoms with Gasteiger partial charge in [0.2, 0.25) is 0 Å². The second-order valence-electron chi connectivity index (χ2n) is 4.90. The fraction of sp³-hybridized carbons (Fsp3) is 0.462. The van der Waals surface area contributed by atoms with Crippen LogP contribution in [0.5, 0.6) is 0 Å². The number of carboxylic acids is 1. The monoisotopic (exact) mass is 291 g/mol. The Balaban J connectivity index is 2.29. The molecule has 0 unspecified atom stereocenters. The summed E-state index contributed by atoms with van der Waals surface area (Å²) in [7, 11) is 0. The molecule has 2 aromatic rings. The van der Waals surface area contributed by atoms with E-state index in [9.17, 15) is 14.7 Å². The molecule has 0 bridgehead atoms. The van der Waals surface area contributed by atoms with Gasteiger partial charge in [0.25, 0.3) is 11.7 Å². The highest BCUT2D eigenvalue weighted by Crippen LogP contribution is 2.11. The molecule has 8 nitrogen and oxygen atoms in total. The van der Waals surface area contributed by atoms with E-state index in [1.807, 2.05) is 6.92 Å². The van der Waals surface area contributed by atoms with Crippen molar-refractivity contribution in [3.05, 3.63) is 23.8 Å². The predicted octanol–water partition coefficient (Wildman–Crippen LogP) is 0.662. The first kappa shape index (κ1) is 14.9. The van der Waals surface area contributed by atoms with Crippen LogP contribution in [0.4, 0.5) is 0 Å². The highest BCUT2D eigenvalue weighted by molar-refractivity contribution is 5.97. The van der Waals surface area contributed by atoms with E-state index in [2.05, 4.69) is 20.4 Å². The van der Waals surface area contributed by atoms with Gasteiger partial charge < -0.3 is 10.4 Å². The molecule has 8 heteroatoms. The number of carbonyl (C=O) groups excluding carboxylic acids is 1. The number of aliphatic carboxylic acids is 1. The standard InChI is InChI=1S/C13H17N5O3/c1-4-7(2)10(12(20)21)17-11(19)9-5-14-13-15-6-16-18(13)8(9)3/h5-7,10H,4H2,1-3H3,(H,17,19)(H,20,21)/t7-,10-/m0/s1. The molecule has 112 valence electrons. The number of nitrogens with zero attached hydrogens (tertiary/aromatic N) is 4. The lowest BCUT2D eigenvalue weighted by Crippen LogP contribution is -2.45. The van der Waals surface area contributed by atoms with Crippen molar-refractivity contribution in [2.75, 3.05) is 0 Å². The van der Waals surface area contributed by atoms with Gasteiger partial charge in [0.05, 0.1) is 11.3 Å². The number of carboxylic acid groups (broad SMARTS) is 1. The summed E-state index contributed by atoms with van der Waals surface area (Å²) in [6, 6.07) is -0.937. The molecule has 21 heavy (non-hydrogen) atoms. The summed E-state index contributed by atoms with van der Waals surface area (Å²) in [6.45, 7) is 5.36. The smallest absolute Gasteiger partial charge is 0.326 e. The maximum absolute atomic E-state index is 12.3. The maximum atomic E-state index is 12.3. The molecule has 0 aliphatic rings. The Hall–Kier alpha value is -2.51. The molecule has 2 aromatic heterocycles. The number of amides is 1. The van der Waals surface area contributed by atoms with Crippen LogP contribution in [0.3, 0.4) is 0 Å². The quantitative estimate of drug-likeness (QED) is 0.837. The summed E-state index contributed by atoms with van der Waals surface area (Å²) in [5.74, 6) is -1.31. The van der Waals surface area contributed by atoms with E-state index in [0.717, 1.165) is 0 Å². The summed E-state index contributed by atoms with van der Waals surface area (Å²) in [5, 5.41) is 15.7. The van der Waals surface area contributed by atoms with E-state index in [1.165, 1.54) is 17.0 Å². The van der Waals surface area contributed by atoms with E-state index in [1.54, 1.807) is 13.8 Å². The van der Waals surface area contributed by atoms with Crippen molar-refractivity contribution in [3.63, 3.8) is 0 Å². The zero-order valence-corrected chi connectivity index (χ0v) is 12.1. The summed E-state index contributed by atoms with van der Waals surface area (Å²) in [5.41, 5.74) is 0.839. The van der Waals surface area contributed by atoms with Crippen molar-refractivity contribution in [2.24, 2.45) is 5.92 Å². The Morgan fingerprint density at radius 1 is 1.43 bits per heavy atom. The van der Waals surface area contributed by atoms with Crippen LogP contribution >= 0.6 is 0 Å². The first-order valence-corrected chi connectivity index (χ1v) is 6.64. The van der Waals surface area contributed by atoms with Gasteiger partial charge in [-0.05, 0) is 12.8 Å². The van der Waals surface area contributed by atoms with E-state index in [-0.39, 0.29) is 11.5 Å². The third-order valence-electron chi connectivity index (χ3n) is 3.56. The van der Waals surface area contributed by atoms with E-state index in [0.29, 0.717) is 17.9 Å². The average Bonchev–Trinajstić information content (AvgIpc) is 2.93. The second-order valence-corrected chi connectivity index (χ2v) is 4.90. The Kier molecular flexibility index (Phi) is 4.15. The Morgan fingerprint density at radius 3 is 2.76 bits per heavy atom. The lowest BCUT2D eigenvalue weighted by Gasteiger charge is -2.20. The van der Waals surface area contributed by atoms with Gasteiger partial charge in [0.15, 0.2) is 0 Å². The molecule has 0 saturated carbocycles. The van der Waals surface area contributed by atoms with Gasteiger partial charge in [-0.3, -0.25) is 4.79 Å². The molecule has 0 aromatic carbocycles. The van der Waals surface area contributed by atoms with E-state index in [4.69, 9.17) is 0 Å². The van der Waals surface area contributed by atoms with Crippen molar-refractivity contribution in [3.8, 4) is 0 Å². The number of carbonyl (C=O) groups is 2. The van der Waals surface area contributed by atoms with Crippen LogP contribution in [-0.2, 0) is 4.79 Å². The summed E-state index contributed by atoms with van der Waals surface area (Å²) < 4.78 is 1.44. The highest BCUT2D eigenvalue weighted by atomic mass is 16.4. The van der Waals surface area contributed by atoms with E-state index < -0.39 is 17.9 Å². The number of rotatable bonds is 5. The molecule has 2 atom stereocenters. The zero-order chi connectivity index (χ0) is 15.6. The summed E-state index contributed by atoms with van der Waals surface area (Å²) in [6.07, 6.45) is 3.37. The van der Waals surface area contributed by atoms with Crippen LogP contribution in [0.2, 0.25) is 0 Å². The molecule has 2 heterocycles. The van der Waals surface area contributed by atoms with Crippen molar-refractivity contribution >= 4 is 17.7 Å². The first-order valence-electron chi connectivity index (χ1n) is 6.64. The maximum Gasteiger partial charge on any atom is 0.326 e. The molecular formula is C13H17N5O3. The normalized spacial score (nSPS) is 13.9. The average molecular weight is 291 g/mol. The third kappa shape index (κ3) is 2.83. The predicted molar refractivity (Wildman–Crippen MR) is 73.9 cm³/mol. The minimum atomic E-state index is -1.05. The van der Waals surface area contributed by atoms with Crippen molar-refractivity contribution in [1.82, 2.24) is 24.9 Å². The van der Waals surface area contributed by atoms with Gasteiger partial charge >= 0.3 is 5.97 Å². The largest absolute Gasteiger partial charge is 0.480 e. The Bertz CT molecular complexity index is 681. The molecule has 0 radical (unpaired) electrons. The number of hydrogen-bond donors (Lipinski definition) is 2. The molecule has 0 saturated heterocycles. The highest BCUT2D eigenvalue weighted by Gasteiger charge is 2.26. The lowest BCUT2D eigenvalue weighted by molar-refractivity contribution is -0.140. The zero-order valence-electron chi connectivity index (χ0n) is 12.1. The molecule has 1 amide bonds. The SMILES string of the molecule is CC[C@H](C)[C@H](NC(=O)c1cnc2ncnn2c1C)C(=O)O. The topological polar surface area (TPSA) is 109 Å². The Labute approximate surface area is 121 Å². The molecule has 0 aliphatic carbocycles. The first-order chi connectivity index (χ1) is 9.95. The number of fused-ring (bicyclic) bond motifs is 1. The van der Waals surface area contributed by atoms with Crippen LogP contribution in [0.15, 0.2) is 12.5 Å².